The number of carboxylic acids is 1. The van der Waals surface area contributed by atoms with Crippen molar-refractivity contribution in [1.29, 1.82) is 0 Å². The lowest BCUT2D eigenvalue weighted by atomic mass is 9.94. The molecule has 3 aromatic carbocycles. The lowest BCUT2D eigenvalue weighted by molar-refractivity contribution is -0.136. The number of hydrogen-bond acceptors (Lipinski definition) is 4. The quantitative estimate of drug-likeness (QED) is 0.186. The maximum atomic E-state index is 10.9. The van der Waals surface area contributed by atoms with Gasteiger partial charge in [0.25, 0.3) is 0 Å². The summed E-state index contributed by atoms with van der Waals surface area (Å²) in [6.07, 6.45) is 2.58. The predicted molar refractivity (Wildman–Crippen MR) is 159 cm³/mol. The van der Waals surface area contributed by atoms with Gasteiger partial charge < -0.3 is 9.84 Å². The van der Waals surface area contributed by atoms with Gasteiger partial charge in [-0.05, 0) is 103 Å². The molecule has 0 saturated carbocycles. The van der Waals surface area contributed by atoms with Crippen LogP contribution in [0.15, 0.2) is 106 Å². The average Bonchev–Trinajstić information content (AvgIpc) is 3.67. The number of thiophene rings is 2. The van der Waals surface area contributed by atoms with E-state index in [1.54, 1.807) is 34.8 Å². The molecule has 3 nitrogen and oxygen atoms in total. The van der Waals surface area contributed by atoms with E-state index in [0.717, 1.165) is 22.3 Å². The number of halogens is 1. The van der Waals surface area contributed by atoms with Gasteiger partial charge in [-0.2, -0.15) is 22.7 Å². The van der Waals surface area contributed by atoms with Gasteiger partial charge in [-0.25, -0.2) is 0 Å². The number of hydrogen-bond donors (Lipinski definition) is 1. The second-order valence-electron chi connectivity index (χ2n) is 8.77. The van der Waals surface area contributed by atoms with Crippen LogP contribution in [0, 0.1) is 0 Å². The van der Waals surface area contributed by atoms with Gasteiger partial charge in [0.15, 0.2) is 0 Å². The van der Waals surface area contributed by atoms with Crippen molar-refractivity contribution in [3.05, 3.63) is 128 Å². The van der Waals surface area contributed by atoms with Gasteiger partial charge in [0.1, 0.15) is 12.4 Å². The van der Waals surface area contributed by atoms with E-state index in [1.807, 2.05) is 6.07 Å². The summed E-state index contributed by atoms with van der Waals surface area (Å²) in [5.41, 5.74) is 8.97. The first-order valence-electron chi connectivity index (χ1n) is 12.2. The molecule has 0 fully saturated rings. The summed E-state index contributed by atoms with van der Waals surface area (Å²) in [5, 5.41) is 17.9. The molecule has 0 saturated heterocycles. The van der Waals surface area contributed by atoms with Crippen LogP contribution < -0.4 is 4.74 Å². The van der Waals surface area contributed by atoms with Gasteiger partial charge in [0.05, 0.1) is 5.02 Å². The summed E-state index contributed by atoms with van der Waals surface area (Å²) in [4.78, 5) is 10.9. The molecule has 0 aliphatic rings. The van der Waals surface area contributed by atoms with Crippen LogP contribution in [0.2, 0.25) is 5.02 Å². The highest BCUT2D eigenvalue weighted by Gasteiger charge is 2.09. The summed E-state index contributed by atoms with van der Waals surface area (Å²) < 4.78 is 6.03. The standard InChI is InChI=1S/C32H25ClO3S2/c33-30-19-22(2-12-32(34)35)1-11-31(30)36-16-13-29(25-7-3-23(4-8-25)27-14-17-37-20-27)26-9-5-24(6-10-26)28-15-18-38-21-28/h1,3-11,13-15,17-21H,2,12,16H2,(H,34,35). The Morgan fingerprint density at radius 2 is 1.37 bits per heavy atom. The van der Waals surface area contributed by atoms with Crippen LogP contribution in [0.5, 0.6) is 5.75 Å². The zero-order valence-corrected chi connectivity index (χ0v) is 22.9. The highest BCUT2D eigenvalue weighted by molar-refractivity contribution is 7.08. The fourth-order valence-electron chi connectivity index (χ4n) is 4.23. The van der Waals surface area contributed by atoms with Crippen molar-refractivity contribution in [3.8, 4) is 28.0 Å². The van der Waals surface area contributed by atoms with Crippen molar-refractivity contribution in [2.45, 2.75) is 12.8 Å². The van der Waals surface area contributed by atoms with Gasteiger partial charge >= 0.3 is 5.97 Å². The maximum absolute atomic E-state index is 10.9. The van der Waals surface area contributed by atoms with E-state index in [1.165, 1.54) is 22.3 Å². The molecule has 0 aliphatic carbocycles. The molecular weight excluding hydrogens is 532 g/mol. The van der Waals surface area contributed by atoms with Crippen molar-refractivity contribution in [2.75, 3.05) is 6.61 Å². The Hall–Kier alpha value is -3.64. The van der Waals surface area contributed by atoms with Gasteiger partial charge in [0, 0.05) is 6.42 Å². The van der Waals surface area contributed by atoms with Crippen molar-refractivity contribution in [3.63, 3.8) is 0 Å². The Balaban J connectivity index is 1.39. The van der Waals surface area contributed by atoms with Crippen LogP contribution in [0.3, 0.4) is 0 Å². The summed E-state index contributed by atoms with van der Waals surface area (Å²) in [7, 11) is 0. The van der Waals surface area contributed by atoms with E-state index in [-0.39, 0.29) is 6.42 Å². The molecule has 0 atom stereocenters. The molecule has 0 bridgehead atoms. The van der Waals surface area contributed by atoms with Crippen LogP contribution in [-0.4, -0.2) is 17.7 Å². The highest BCUT2D eigenvalue weighted by atomic mass is 35.5. The predicted octanol–water partition coefficient (Wildman–Crippen LogP) is 9.32. The van der Waals surface area contributed by atoms with Crippen LogP contribution in [0.1, 0.15) is 23.1 Å². The fraction of sp³-hybridized carbons (Fsp3) is 0.0938. The zero-order chi connectivity index (χ0) is 26.3. The first-order chi connectivity index (χ1) is 18.6. The van der Waals surface area contributed by atoms with E-state index >= 15 is 0 Å². The van der Waals surface area contributed by atoms with E-state index in [9.17, 15) is 4.79 Å². The SMILES string of the molecule is O=C(O)CCc1ccc(OCC=C(c2ccc(-c3ccsc3)cc2)c2ccc(-c3ccsc3)cc2)c(Cl)c1. The topological polar surface area (TPSA) is 46.5 Å². The Morgan fingerprint density at radius 3 is 1.84 bits per heavy atom. The first-order valence-corrected chi connectivity index (χ1v) is 14.4. The molecule has 1 N–H and O–H groups in total. The lowest BCUT2D eigenvalue weighted by Gasteiger charge is -2.12. The molecule has 2 heterocycles. The molecule has 38 heavy (non-hydrogen) atoms. The molecule has 5 aromatic rings. The Kier molecular flexibility index (Phi) is 8.39. The molecule has 6 heteroatoms. The number of ether oxygens (including phenoxy) is 1. The third-order valence-corrected chi connectivity index (χ3v) is 7.91. The fourth-order valence-corrected chi connectivity index (χ4v) is 5.81. The summed E-state index contributed by atoms with van der Waals surface area (Å²) in [6, 6.07) is 26.9. The molecule has 190 valence electrons. The zero-order valence-electron chi connectivity index (χ0n) is 20.5. The number of carbonyl (C=O) groups is 1. The summed E-state index contributed by atoms with van der Waals surface area (Å²) in [6.45, 7) is 0.335. The molecular formula is C32H25ClO3S2. The molecule has 0 unspecified atom stereocenters. The number of aliphatic carboxylic acids is 1. The van der Waals surface area contributed by atoms with Crippen molar-refractivity contribution < 1.29 is 14.6 Å². The molecule has 5 rings (SSSR count). The van der Waals surface area contributed by atoms with Gasteiger partial charge in [-0.3, -0.25) is 4.79 Å². The van der Waals surface area contributed by atoms with Gasteiger partial charge in [0.2, 0.25) is 0 Å². The molecule has 2 aromatic heterocycles. The van der Waals surface area contributed by atoms with Crippen LogP contribution >= 0.6 is 34.3 Å². The van der Waals surface area contributed by atoms with E-state index < -0.39 is 5.97 Å². The van der Waals surface area contributed by atoms with Crippen LogP contribution in [0.25, 0.3) is 27.8 Å². The lowest BCUT2D eigenvalue weighted by Crippen LogP contribution is -1.99. The number of aryl methyl sites for hydroxylation is 1. The number of rotatable bonds is 10. The number of carboxylic acid groups (broad SMARTS) is 1. The Morgan fingerprint density at radius 1 is 0.789 bits per heavy atom. The Labute approximate surface area is 235 Å². The third kappa shape index (κ3) is 6.43. The van der Waals surface area contributed by atoms with E-state index in [2.05, 4.69) is 88.3 Å². The van der Waals surface area contributed by atoms with Crippen molar-refractivity contribution >= 4 is 45.8 Å². The van der Waals surface area contributed by atoms with Gasteiger partial charge in [-0.15, -0.1) is 0 Å². The molecule has 0 amide bonds. The van der Waals surface area contributed by atoms with Gasteiger partial charge in [-0.1, -0.05) is 66.2 Å². The molecule has 0 aliphatic heterocycles. The maximum Gasteiger partial charge on any atom is 0.303 e. The molecule has 0 radical (unpaired) electrons. The van der Waals surface area contributed by atoms with Crippen LogP contribution in [-0.2, 0) is 11.2 Å². The largest absolute Gasteiger partial charge is 0.488 e. The Bertz CT molecular complexity index is 1440. The second kappa shape index (κ2) is 12.3. The first kappa shape index (κ1) is 26.0. The average molecular weight is 557 g/mol. The van der Waals surface area contributed by atoms with Crippen molar-refractivity contribution in [2.24, 2.45) is 0 Å². The highest BCUT2D eigenvalue weighted by Crippen LogP contribution is 2.31. The normalized spacial score (nSPS) is 10.8. The van der Waals surface area contributed by atoms with Crippen molar-refractivity contribution in [1.82, 2.24) is 0 Å². The summed E-state index contributed by atoms with van der Waals surface area (Å²) in [5.74, 6) is -0.257. The monoisotopic (exact) mass is 556 g/mol. The minimum atomic E-state index is -0.828. The van der Waals surface area contributed by atoms with E-state index in [4.69, 9.17) is 21.4 Å². The minimum absolute atomic E-state index is 0.0685. The summed E-state index contributed by atoms with van der Waals surface area (Å²) >= 11 is 9.82. The third-order valence-electron chi connectivity index (χ3n) is 6.25. The number of benzene rings is 3. The van der Waals surface area contributed by atoms with E-state index in [0.29, 0.717) is 23.8 Å². The van der Waals surface area contributed by atoms with Crippen LogP contribution in [0.4, 0.5) is 0 Å². The minimum Gasteiger partial charge on any atom is -0.488 e. The smallest absolute Gasteiger partial charge is 0.303 e. The molecule has 0 spiro atoms. The second-order valence-corrected chi connectivity index (χ2v) is 10.7.